The van der Waals surface area contributed by atoms with Gasteiger partial charge in [-0.1, -0.05) is 12.1 Å². The van der Waals surface area contributed by atoms with Crippen LogP contribution < -0.4 is 16.1 Å². The number of rotatable bonds is 10. The van der Waals surface area contributed by atoms with E-state index < -0.39 is 5.91 Å². The zero-order valence-corrected chi connectivity index (χ0v) is 19.9. The minimum atomic E-state index is -0.537. The number of pyridine rings is 1. The smallest absolute Gasteiger partial charge is 0.293 e. The van der Waals surface area contributed by atoms with E-state index in [0.29, 0.717) is 23.0 Å². The number of nitrogens with one attached hydrogen (secondary N) is 3. The molecule has 1 aromatic carbocycles. The Balaban J connectivity index is 1.44. The van der Waals surface area contributed by atoms with Gasteiger partial charge in [0.25, 0.3) is 11.8 Å². The number of hydrogen-bond donors (Lipinski definition) is 3. The molecule has 0 aliphatic heterocycles. The van der Waals surface area contributed by atoms with E-state index in [-0.39, 0.29) is 47.7 Å². The zero-order chi connectivity index (χ0) is 25.2. The third-order valence-corrected chi connectivity index (χ3v) is 6.56. The third kappa shape index (κ3) is 5.54. The maximum atomic E-state index is 13.5. The van der Waals surface area contributed by atoms with Gasteiger partial charge in [0.05, 0.1) is 24.4 Å². The highest BCUT2D eigenvalue weighted by molar-refractivity contribution is 6.08. The van der Waals surface area contributed by atoms with Crippen LogP contribution in [-0.4, -0.2) is 46.5 Å². The molecule has 36 heavy (non-hydrogen) atoms. The molecule has 9 nitrogen and oxygen atoms in total. The van der Waals surface area contributed by atoms with Gasteiger partial charge in [-0.05, 0) is 55.4 Å². The molecule has 3 amide bonds. The number of aromatic nitrogens is 2. The lowest BCUT2D eigenvalue weighted by Gasteiger charge is -2.18. The summed E-state index contributed by atoms with van der Waals surface area (Å²) >= 11 is 0. The minimum absolute atomic E-state index is 0.0452. The standard InChI is InChI=1S/C26H28FN5O4/c1-36-31-26(35)22-10-19-20(14-32(23(19)12-28-22)13-15-2-6-17(27)7-3-15)25(34)30-21(16-4-5-16)11-24(33)29-18-8-9-18/h2-3,6-7,10,12,14,16,18,21H,4-5,8-9,11,13H2,1H3,(H,29,33)(H,30,34)(H,31,35). The van der Waals surface area contributed by atoms with E-state index in [0.717, 1.165) is 31.2 Å². The molecule has 2 fully saturated rings. The largest absolute Gasteiger partial charge is 0.353 e. The van der Waals surface area contributed by atoms with Crippen LogP contribution in [0.3, 0.4) is 0 Å². The van der Waals surface area contributed by atoms with Crippen LogP contribution in [0.15, 0.2) is 42.7 Å². The van der Waals surface area contributed by atoms with Crippen LogP contribution in [0.25, 0.3) is 10.9 Å². The van der Waals surface area contributed by atoms with E-state index in [2.05, 4.69) is 21.1 Å². The van der Waals surface area contributed by atoms with Crippen molar-refractivity contribution >= 4 is 28.6 Å². The number of benzene rings is 1. The number of fused-ring (bicyclic) bond motifs is 1. The predicted octanol–water partition coefficient (Wildman–Crippen LogP) is 2.69. The average molecular weight is 494 g/mol. The molecule has 2 aliphatic carbocycles. The molecule has 2 aliphatic rings. The minimum Gasteiger partial charge on any atom is -0.353 e. The van der Waals surface area contributed by atoms with Crippen molar-refractivity contribution in [2.45, 2.75) is 50.7 Å². The van der Waals surface area contributed by atoms with Crippen molar-refractivity contribution in [1.82, 2.24) is 25.7 Å². The van der Waals surface area contributed by atoms with Crippen LogP contribution in [0.5, 0.6) is 0 Å². The third-order valence-electron chi connectivity index (χ3n) is 6.56. The number of carbonyl (C=O) groups is 3. The summed E-state index contributed by atoms with van der Waals surface area (Å²) in [7, 11) is 1.33. The Kier molecular flexibility index (Phi) is 6.69. The van der Waals surface area contributed by atoms with Gasteiger partial charge >= 0.3 is 0 Å². The molecule has 3 N–H and O–H groups in total. The van der Waals surface area contributed by atoms with Crippen LogP contribution >= 0.6 is 0 Å². The van der Waals surface area contributed by atoms with Gasteiger partial charge in [0.1, 0.15) is 11.5 Å². The molecule has 0 radical (unpaired) electrons. The van der Waals surface area contributed by atoms with Gasteiger partial charge in [-0.25, -0.2) is 14.9 Å². The Hall–Kier alpha value is -3.79. The Morgan fingerprint density at radius 2 is 1.89 bits per heavy atom. The second kappa shape index (κ2) is 10.1. The summed E-state index contributed by atoms with van der Waals surface area (Å²) in [6.45, 7) is 0.380. The number of hydrogen-bond acceptors (Lipinski definition) is 5. The summed E-state index contributed by atoms with van der Waals surface area (Å²) in [5.74, 6) is -0.959. The summed E-state index contributed by atoms with van der Waals surface area (Å²) in [5, 5.41) is 6.60. The van der Waals surface area contributed by atoms with Crippen LogP contribution in [0.1, 0.15) is 58.5 Å². The van der Waals surface area contributed by atoms with Gasteiger partial charge in [-0.3, -0.25) is 19.2 Å². The summed E-state index contributed by atoms with van der Waals surface area (Å²) in [6.07, 6.45) is 7.43. The zero-order valence-electron chi connectivity index (χ0n) is 19.9. The first-order chi connectivity index (χ1) is 17.4. The number of hydroxylamine groups is 1. The molecule has 1 unspecified atom stereocenters. The molecule has 2 aromatic heterocycles. The van der Waals surface area contributed by atoms with Crippen molar-refractivity contribution in [1.29, 1.82) is 0 Å². The van der Waals surface area contributed by atoms with E-state index in [1.165, 1.54) is 25.4 Å². The molecule has 2 heterocycles. The molecule has 5 rings (SSSR count). The lowest BCUT2D eigenvalue weighted by atomic mass is 10.1. The average Bonchev–Trinajstić information content (AvgIpc) is 3.79. The molecule has 0 saturated heterocycles. The van der Waals surface area contributed by atoms with Crippen LogP contribution in [0.2, 0.25) is 0 Å². The molecular formula is C26H28FN5O4. The van der Waals surface area contributed by atoms with Crippen LogP contribution in [0, 0.1) is 11.7 Å². The fourth-order valence-corrected chi connectivity index (χ4v) is 4.35. The van der Waals surface area contributed by atoms with E-state index in [9.17, 15) is 18.8 Å². The fraction of sp³-hybridized carbons (Fsp3) is 0.385. The molecule has 0 bridgehead atoms. The topological polar surface area (TPSA) is 114 Å². The van der Waals surface area contributed by atoms with E-state index in [1.807, 2.05) is 4.57 Å². The molecule has 3 aromatic rings. The van der Waals surface area contributed by atoms with Crippen LogP contribution in [-0.2, 0) is 16.2 Å². The van der Waals surface area contributed by atoms with E-state index in [1.54, 1.807) is 24.4 Å². The first-order valence-electron chi connectivity index (χ1n) is 12.1. The predicted molar refractivity (Wildman–Crippen MR) is 129 cm³/mol. The van der Waals surface area contributed by atoms with Gasteiger partial charge in [0, 0.05) is 36.6 Å². The van der Waals surface area contributed by atoms with E-state index >= 15 is 0 Å². The number of nitrogens with zero attached hydrogens (tertiary/aromatic N) is 2. The molecule has 1 atom stereocenters. The van der Waals surface area contributed by atoms with Gasteiger partial charge < -0.3 is 15.2 Å². The first kappa shape index (κ1) is 23.9. The first-order valence-corrected chi connectivity index (χ1v) is 12.1. The van der Waals surface area contributed by atoms with Crippen molar-refractivity contribution in [3.8, 4) is 0 Å². The Labute approximate surface area is 207 Å². The second-order valence-electron chi connectivity index (χ2n) is 9.48. The quantitative estimate of drug-likeness (QED) is 0.376. The number of amides is 3. The van der Waals surface area contributed by atoms with Crippen molar-refractivity contribution in [2.75, 3.05) is 7.11 Å². The Morgan fingerprint density at radius 1 is 1.14 bits per heavy atom. The number of carbonyl (C=O) groups excluding carboxylic acids is 3. The molecule has 0 spiro atoms. The van der Waals surface area contributed by atoms with Gasteiger partial charge in [-0.15, -0.1) is 0 Å². The summed E-state index contributed by atoms with van der Waals surface area (Å²) in [6, 6.07) is 7.67. The van der Waals surface area contributed by atoms with Crippen LogP contribution in [0.4, 0.5) is 4.39 Å². The summed E-state index contributed by atoms with van der Waals surface area (Å²) in [5.41, 5.74) is 4.19. The molecular weight excluding hydrogens is 465 g/mol. The summed E-state index contributed by atoms with van der Waals surface area (Å²) < 4.78 is 15.2. The Morgan fingerprint density at radius 3 is 2.56 bits per heavy atom. The number of halogens is 1. The van der Waals surface area contributed by atoms with Gasteiger partial charge in [0.2, 0.25) is 5.91 Å². The normalized spacial score (nSPS) is 15.9. The lowest BCUT2D eigenvalue weighted by molar-refractivity contribution is -0.121. The van der Waals surface area contributed by atoms with Crippen molar-refractivity contribution in [3.63, 3.8) is 0 Å². The van der Waals surface area contributed by atoms with E-state index in [4.69, 9.17) is 4.84 Å². The maximum Gasteiger partial charge on any atom is 0.293 e. The monoisotopic (exact) mass is 493 g/mol. The van der Waals surface area contributed by atoms with Crippen molar-refractivity contribution < 1.29 is 23.6 Å². The van der Waals surface area contributed by atoms with Crippen molar-refractivity contribution in [2.24, 2.45) is 5.92 Å². The Bertz CT molecular complexity index is 1300. The molecule has 2 saturated carbocycles. The molecule has 188 valence electrons. The highest BCUT2D eigenvalue weighted by Gasteiger charge is 2.35. The fourth-order valence-electron chi connectivity index (χ4n) is 4.35. The maximum absolute atomic E-state index is 13.5. The highest BCUT2D eigenvalue weighted by atomic mass is 19.1. The van der Waals surface area contributed by atoms with Crippen molar-refractivity contribution in [3.05, 3.63) is 65.4 Å². The lowest BCUT2D eigenvalue weighted by Crippen LogP contribution is -2.41. The van der Waals surface area contributed by atoms with Gasteiger partial charge in [-0.2, -0.15) is 0 Å². The molecule has 10 heteroatoms. The second-order valence-corrected chi connectivity index (χ2v) is 9.48. The van der Waals surface area contributed by atoms with Gasteiger partial charge in [0.15, 0.2) is 0 Å². The SMILES string of the molecule is CONC(=O)c1cc2c(C(=O)NC(CC(=O)NC3CC3)C3CC3)cn(Cc3ccc(F)cc3)c2cn1. The summed E-state index contributed by atoms with van der Waals surface area (Å²) in [4.78, 5) is 47.1. The highest BCUT2D eigenvalue weighted by Crippen LogP contribution is 2.35.